The van der Waals surface area contributed by atoms with Gasteiger partial charge in [0.25, 0.3) is 11.8 Å². The number of rotatable bonds is 4. The molecule has 1 aliphatic rings. The number of aryl methyl sites for hydroxylation is 1. The van der Waals surface area contributed by atoms with Gasteiger partial charge in [-0.1, -0.05) is 41.6 Å². The van der Waals surface area contributed by atoms with Gasteiger partial charge in [0.15, 0.2) is 4.32 Å². The molecule has 1 fully saturated rings. The van der Waals surface area contributed by atoms with Crippen LogP contribution >= 0.6 is 35.6 Å². The van der Waals surface area contributed by atoms with Crippen molar-refractivity contribution in [2.45, 2.75) is 6.92 Å². The molecule has 0 atom stereocenters. The maximum Gasteiger partial charge on any atom is 0.285 e. The number of ether oxygens (including phenoxy) is 1. The Balaban J connectivity index is 1.77. The summed E-state index contributed by atoms with van der Waals surface area (Å²) in [5, 5.41) is 1.38. The molecule has 2 amide bonds. The summed E-state index contributed by atoms with van der Waals surface area (Å²) >= 11 is 12.5. The second kappa shape index (κ2) is 8.12. The molecule has 0 spiro atoms. The summed E-state index contributed by atoms with van der Waals surface area (Å²) in [5.41, 5.74) is 4.56. The molecule has 3 rings (SSSR count). The molecule has 0 aliphatic carbocycles. The number of benzene rings is 2. The zero-order valence-electron chi connectivity index (χ0n) is 14.5. The predicted molar refractivity (Wildman–Crippen MR) is 112 cm³/mol. The lowest BCUT2D eigenvalue weighted by atomic mass is 10.1. The normalized spacial score (nSPS) is 15.4. The van der Waals surface area contributed by atoms with Crippen molar-refractivity contribution in [3.8, 4) is 5.75 Å². The molecule has 0 radical (unpaired) electrons. The van der Waals surface area contributed by atoms with E-state index in [1.807, 2.05) is 19.1 Å². The van der Waals surface area contributed by atoms with Gasteiger partial charge in [0.05, 0.1) is 22.6 Å². The molecule has 8 heteroatoms. The molecule has 2 aromatic rings. The maximum absolute atomic E-state index is 12.6. The van der Waals surface area contributed by atoms with Gasteiger partial charge >= 0.3 is 0 Å². The first-order valence-electron chi connectivity index (χ1n) is 7.88. The number of nitrogens with one attached hydrogen (secondary N) is 1. The van der Waals surface area contributed by atoms with Crippen LogP contribution in [0, 0.1) is 6.92 Å². The number of thiocarbonyl (C=S) groups is 1. The molecule has 1 aliphatic heterocycles. The van der Waals surface area contributed by atoms with Crippen molar-refractivity contribution in [2.24, 2.45) is 0 Å². The molecule has 0 saturated carbocycles. The third-order valence-corrected chi connectivity index (χ3v) is 5.40. The summed E-state index contributed by atoms with van der Waals surface area (Å²) in [6.45, 7) is 1.87. The van der Waals surface area contributed by atoms with Crippen LogP contribution < -0.4 is 10.2 Å². The first kappa shape index (κ1) is 19.4. The van der Waals surface area contributed by atoms with E-state index in [1.165, 1.54) is 0 Å². The lowest BCUT2D eigenvalue weighted by molar-refractivity contribution is -0.123. The summed E-state index contributed by atoms with van der Waals surface area (Å²) in [7, 11) is 1.59. The van der Waals surface area contributed by atoms with Crippen LogP contribution in [-0.4, -0.2) is 28.3 Å². The summed E-state index contributed by atoms with van der Waals surface area (Å²) in [4.78, 5) is 25.5. The highest BCUT2D eigenvalue weighted by molar-refractivity contribution is 8.26. The van der Waals surface area contributed by atoms with Crippen LogP contribution in [0.3, 0.4) is 0 Å². The standard InChI is InChI=1S/C19H15ClN2O3S2/c1-11-3-8-14(15(20)9-11)17(23)21-22-18(24)16(27-19(22)26)10-12-4-6-13(25-2)7-5-12/h3-10H,1-2H3,(H,21,23)/b16-10+. The fourth-order valence-corrected chi connectivity index (χ4v) is 3.88. The van der Waals surface area contributed by atoms with Crippen LogP contribution in [-0.2, 0) is 4.79 Å². The molecular weight excluding hydrogens is 404 g/mol. The van der Waals surface area contributed by atoms with Crippen LogP contribution in [0.1, 0.15) is 21.5 Å². The zero-order chi connectivity index (χ0) is 19.6. The summed E-state index contributed by atoms with van der Waals surface area (Å²) in [6, 6.07) is 12.3. The minimum atomic E-state index is -0.498. The van der Waals surface area contributed by atoms with Crippen molar-refractivity contribution in [3.05, 3.63) is 69.1 Å². The van der Waals surface area contributed by atoms with Gasteiger partial charge in [0.1, 0.15) is 5.75 Å². The number of thioether (sulfide) groups is 1. The van der Waals surface area contributed by atoms with Gasteiger partial charge in [-0.25, -0.2) is 0 Å². The Bertz CT molecular complexity index is 958. The van der Waals surface area contributed by atoms with Crippen LogP contribution in [0.4, 0.5) is 0 Å². The number of hydrogen-bond donors (Lipinski definition) is 1. The molecule has 5 nitrogen and oxygen atoms in total. The van der Waals surface area contributed by atoms with Crippen molar-refractivity contribution in [1.82, 2.24) is 10.4 Å². The highest BCUT2D eigenvalue weighted by Crippen LogP contribution is 2.32. The molecule has 138 valence electrons. The lowest BCUT2D eigenvalue weighted by Crippen LogP contribution is -2.44. The molecule has 27 heavy (non-hydrogen) atoms. The highest BCUT2D eigenvalue weighted by atomic mass is 35.5. The Hall–Kier alpha value is -2.35. The predicted octanol–water partition coefficient (Wildman–Crippen LogP) is 4.20. The number of hydrogen-bond acceptors (Lipinski definition) is 5. The minimum Gasteiger partial charge on any atom is -0.497 e. The second-order valence-electron chi connectivity index (χ2n) is 5.71. The number of methoxy groups -OCH3 is 1. The van der Waals surface area contributed by atoms with Crippen molar-refractivity contribution in [3.63, 3.8) is 0 Å². The highest BCUT2D eigenvalue weighted by Gasteiger charge is 2.34. The molecule has 0 unspecified atom stereocenters. The molecular formula is C19H15ClN2O3S2. The average Bonchev–Trinajstić information content (AvgIpc) is 2.89. The van der Waals surface area contributed by atoms with E-state index >= 15 is 0 Å². The van der Waals surface area contributed by atoms with Gasteiger partial charge in [-0.05, 0) is 60.6 Å². The van der Waals surface area contributed by atoms with E-state index in [1.54, 1.807) is 43.5 Å². The van der Waals surface area contributed by atoms with Gasteiger partial charge in [0, 0.05) is 0 Å². The van der Waals surface area contributed by atoms with Gasteiger partial charge in [-0.2, -0.15) is 5.01 Å². The molecule has 1 saturated heterocycles. The Morgan fingerprint density at radius 2 is 1.96 bits per heavy atom. The van der Waals surface area contributed by atoms with Crippen molar-refractivity contribution in [1.29, 1.82) is 0 Å². The SMILES string of the molecule is COc1ccc(/C=C2/SC(=S)N(NC(=O)c3ccc(C)cc3Cl)C2=O)cc1. The Kier molecular flexibility index (Phi) is 5.84. The zero-order valence-corrected chi connectivity index (χ0v) is 16.9. The third kappa shape index (κ3) is 4.32. The fourth-order valence-electron chi connectivity index (χ4n) is 2.38. The van der Waals surface area contributed by atoms with Gasteiger partial charge < -0.3 is 4.74 Å². The largest absolute Gasteiger partial charge is 0.497 e. The second-order valence-corrected chi connectivity index (χ2v) is 7.80. The fraction of sp³-hybridized carbons (Fsp3) is 0.105. The van der Waals surface area contributed by atoms with Crippen molar-refractivity contribution in [2.75, 3.05) is 7.11 Å². The Labute approximate surface area is 171 Å². The Morgan fingerprint density at radius 3 is 2.59 bits per heavy atom. The lowest BCUT2D eigenvalue weighted by Gasteiger charge is -2.16. The molecule has 0 aromatic heterocycles. The number of halogens is 1. The quantitative estimate of drug-likeness (QED) is 0.595. The number of nitrogens with zero attached hydrogens (tertiary/aromatic N) is 1. The van der Waals surface area contributed by atoms with Crippen molar-refractivity contribution < 1.29 is 14.3 Å². The van der Waals surface area contributed by atoms with E-state index in [4.69, 9.17) is 28.6 Å². The molecule has 0 bridgehead atoms. The molecule has 1 N–H and O–H groups in total. The number of carbonyl (C=O) groups is 2. The maximum atomic E-state index is 12.6. The van der Waals surface area contributed by atoms with Gasteiger partial charge in [-0.15, -0.1) is 0 Å². The first-order chi connectivity index (χ1) is 12.9. The van der Waals surface area contributed by atoms with Gasteiger partial charge in [-0.3, -0.25) is 15.0 Å². The summed E-state index contributed by atoms with van der Waals surface area (Å²) in [5.74, 6) is -0.165. The van der Waals surface area contributed by atoms with E-state index in [-0.39, 0.29) is 9.88 Å². The van der Waals surface area contributed by atoms with E-state index in [0.717, 1.165) is 33.6 Å². The monoisotopic (exact) mass is 418 g/mol. The number of carbonyl (C=O) groups excluding carboxylic acids is 2. The van der Waals surface area contributed by atoms with Crippen LogP contribution in [0.5, 0.6) is 5.75 Å². The summed E-state index contributed by atoms with van der Waals surface area (Å²) in [6.07, 6.45) is 1.71. The van der Waals surface area contributed by atoms with Gasteiger partial charge in [0.2, 0.25) is 0 Å². The number of hydrazine groups is 1. The minimum absolute atomic E-state index is 0.247. The average molecular weight is 419 g/mol. The molecule has 2 aromatic carbocycles. The topological polar surface area (TPSA) is 58.6 Å². The summed E-state index contributed by atoms with van der Waals surface area (Å²) < 4.78 is 5.36. The van der Waals surface area contributed by atoms with E-state index in [0.29, 0.717) is 9.93 Å². The third-order valence-electron chi connectivity index (χ3n) is 3.79. The van der Waals surface area contributed by atoms with Crippen LogP contribution in [0.2, 0.25) is 5.02 Å². The van der Waals surface area contributed by atoms with E-state index < -0.39 is 11.8 Å². The Morgan fingerprint density at radius 1 is 1.26 bits per heavy atom. The molecule has 1 heterocycles. The van der Waals surface area contributed by atoms with Crippen molar-refractivity contribution >= 4 is 57.8 Å². The smallest absolute Gasteiger partial charge is 0.285 e. The van der Waals surface area contributed by atoms with E-state index in [2.05, 4.69) is 5.43 Å². The number of amides is 2. The van der Waals surface area contributed by atoms with E-state index in [9.17, 15) is 9.59 Å². The van der Waals surface area contributed by atoms with Crippen LogP contribution in [0.25, 0.3) is 6.08 Å². The van der Waals surface area contributed by atoms with Crippen LogP contribution in [0.15, 0.2) is 47.4 Å². The first-order valence-corrected chi connectivity index (χ1v) is 9.48.